The zero-order chi connectivity index (χ0) is 45.4. The minimum atomic E-state index is -0.00287. The summed E-state index contributed by atoms with van der Waals surface area (Å²) in [6, 6.07) is 73.7. The third-order valence-corrected chi connectivity index (χ3v) is 13.9. The van der Waals surface area contributed by atoms with E-state index in [4.69, 9.17) is 19.4 Å². The normalized spacial score (nSPS) is 13.8. The first-order valence-electron chi connectivity index (χ1n) is 23.5. The highest BCUT2D eigenvalue weighted by Gasteiger charge is 2.25. The second-order valence-corrected chi connectivity index (χ2v) is 17.9. The molecule has 0 saturated heterocycles. The van der Waals surface area contributed by atoms with Crippen LogP contribution in [0.2, 0.25) is 0 Å². The molecule has 9 aromatic carbocycles. The van der Waals surface area contributed by atoms with Crippen molar-refractivity contribution in [1.29, 1.82) is 0 Å². The number of aromatic nitrogens is 5. The Morgan fingerprint density at radius 3 is 1.59 bits per heavy atom. The van der Waals surface area contributed by atoms with E-state index in [1.165, 1.54) is 32.6 Å². The predicted octanol–water partition coefficient (Wildman–Crippen LogP) is 16.2. The SMILES string of the molecule is C1=CCC(c2nc(-c3cc(-c4ccccc4)c(-n4c5ccccc5c5cc(-n6c7ccccc7c7ccccc76)ccc54)c(-c4ccccc4)c3)nc(-c3ccc4c(c3)oc3ccccc34)n2)C=C1. The van der Waals surface area contributed by atoms with Gasteiger partial charge >= 0.3 is 0 Å². The second-order valence-electron chi connectivity index (χ2n) is 17.9. The zero-order valence-corrected chi connectivity index (χ0v) is 37.4. The summed E-state index contributed by atoms with van der Waals surface area (Å²) in [6.45, 7) is 0. The van der Waals surface area contributed by atoms with Crippen LogP contribution in [0.25, 0.3) is 122 Å². The van der Waals surface area contributed by atoms with Gasteiger partial charge in [0.05, 0.1) is 27.8 Å². The van der Waals surface area contributed by atoms with Crippen molar-refractivity contribution in [2.24, 2.45) is 0 Å². The molecule has 69 heavy (non-hydrogen) atoms. The molecule has 1 aliphatic carbocycles. The molecule has 6 nitrogen and oxygen atoms in total. The lowest BCUT2D eigenvalue weighted by atomic mass is 9.92. The largest absolute Gasteiger partial charge is 0.456 e. The van der Waals surface area contributed by atoms with Gasteiger partial charge in [0.2, 0.25) is 0 Å². The molecular formula is C63H41N5O. The van der Waals surface area contributed by atoms with Crippen molar-refractivity contribution in [3.63, 3.8) is 0 Å². The molecule has 1 aliphatic rings. The molecule has 0 spiro atoms. The minimum Gasteiger partial charge on any atom is -0.456 e. The van der Waals surface area contributed by atoms with Crippen molar-refractivity contribution in [2.45, 2.75) is 12.3 Å². The zero-order valence-electron chi connectivity index (χ0n) is 37.4. The number of furan rings is 1. The molecule has 0 N–H and O–H groups in total. The summed E-state index contributed by atoms with van der Waals surface area (Å²) in [6.07, 6.45) is 9.35. The highest BCUT2D eigenvalue weighted by molar-refractivity contribution is 6.13. The van der Waals surface area contributed by atoms with Crippen LogP contribution in [-0.4, -0.2) is 24.1 Å². The van der Waals surface area contributed by atoms with Crippen molar-refractivity contribution in [1.82, 2.24) is 24.1 Å². The van der Waals surface area contributed by atoms with E-state index in [9.17, 15) is 0 Å². The fourth-order valence-electron chi connectivity index (χ4n) is 10.7. The van der Waals surface area contributed by atoms with Gasteiger partial charge in [-0.15, -0.1) is 0 Å². The Balaban J connectivity index is 1.03. The van der Waals surface area contributed by atoms with E-state index >= 15 is 0 Å². The maximum atomic E-state index is 6.38. The first-order valence-corrected chi connectivity index (χ1v) is 23.5. The summed E-state index contributed by atoms with van der Waals surface area (Å²) in [7, 11) is 0. The molecule has 14 rings (SSSR count). The van der Waals surface area contributed by atoms with E-state index in [-0.39, 0.29) is 5.92 Å². The van der Waals surface area contributed by atoms with Crippen molar-refractivity contribution >= 4 is 65.6 Å². The lowest BCUT2D eigenvalue weighted by molar-refractivity contribution is 0.669. The van der Waals surface area contributed by atoms with Crippen LogP contribution in [0.1, 0.15) is 18.2 Å². The Hall–Kier alpha value is -9.13. The molecule has 4 heterocycles. The van der Waals surface area contributed by atoms with E-state index in [0.717, 1.165) is 90.0 Å². The molecular weight excluding hydrogens is 843 g/mol. The smallest absolute Gasteiger partial charge is 0.163 e. The average molecular weight is 884 g/mol. The van der Waals surface area contributed by atoms with Gasteiger partial charge in [-0.25, -0.2) is 15.0 Å². The Bertz CT molecular complexity index is 4120. The molecule has 0 bridgehead atoms. The van der Waals surface area contributed by atoms with Gasteiger partial charge in [-0.3, -0.25) is 0 Å². The Labute approximate surface area is 397 Å². The Morgan fingerprint density at radius 1 is 0.391 bits per heavy atom. The van der Waals surface area contributed by atoms with E-state index in [0.29, 0.717) is 11.6 Å². The first kappa shape index (κ1) is 39.1. The quantitative estimate of drug-likeness (QED) is 0.160. The third kappa shape index (κ3) is 6.37. The van der Waals surface area contributed by atoms with Crippen LogP contribution < -0.4 is 0 Å². The Morgan fingerprint density at radius 2 is 0.942 bits per heavy atom. The van der Waals surface area contributed by atoms with E-state index in [1.807, 2.05) is 18.2 Å². The number of hydrogen-bond acceptors (Lipinski definition) is 4. The summed E-state index contributed by atoms with van der Waals surface area (Å²) in [4.78, 5) is 15.9. The lowest BCUT2D eigenvalue weighted by Gasteiger charge is -2.21. The van der Waals surface area contributed by atoms with Crippen LogP contribution in [0.5, 0.6) is 0 Å². The van der Waals surface area contributed by atoms with Gasteiger partial charge < -0.3 is 13.6 Å². The molecule has 4 aromatic heterocycles. The second kappa shape index (κ2) is 15.8. The maximum absolute atomic E-state index is 6.38. The van der Waals surface area contributed by atoms with E-state index in [2.05, 4.69) is 221 Å². The molecule has 0 radical (unpaired) electrons. The van der Waals surface area contributed by atoms with Crippen molar-refractivity contribution in [2.75, 3.05) is 0 Å². The van der Waals surface area contributed by atoms with Gasteiger partial charge in [-0.05, 0) is 84.3 Å². The maximum Gasteiger partial charge on any atom is 0.163 e. The molecule has 13 aromatic rings. The molecule has 1 unspecified atom stereocenters. The first-order chi connectivity index (χ1) is 34.2. The summed E-state index contributed by atoms with van der Waals surface area (Å²) in [5.41, 5.74) is 14.5. The predicted molar refractivity (Wildman–Crippen MR) is 283 cm³/mol. The molecule has 324 valence electrons. The summed E-state index contributed by atoms with van der Waals surface area (Å²) in [5, 5.41) is 6.99. The fourth-order valence-corrected chi connectivity index (χ4v) is 10.7. The van der Waals surface area contributed by atoms with Crippen LogP contribution in [0.3, 0.4) is 0 Å². The highest BCUT2D eigenvalue weighted by Crippen LogP contribution is 2.45. The fraction of sp³-hybridized carbons (Fsp3) is 0.0317. The van der Waals surface area contributed by atoms with Gasteiger partial charge in [0, 0.05) is 66.2 Å². The van der Waals surface area contributed by atoms with Gasteiger partial charge in [0.1, 0.15) is 17.0 Å². The topological polar surface area (TPSA) is 61.7 Å². The van der Waals surface area contributed by atoms with Crippen LogP contribution in [-0.2, 0) is 0 Å². The highest BCUT2D eigenvalue weighted by atomic mass is 16.3. The van der Waals surface area contributed by atoms with E-state index in [1.54, 1.807) is 0 Å². The summed E-state index contributed by atoms with van der Waals surface area (Å²) >= 11 is 0. The summed E-state index contributed by atoms with van der Waals surface area (Å²) in [5.74, 6) is 1.94. The van der Waals surface area contributed by atoms with Crippen LogP contribution in [0.15, 0.2) is 235 Å². The average Bonchev–Trinajstić information content (AvgIpc) is 4.08. The number of rotatable bonds is 7. The molecule has 1 atom stereocenters. The van der Waals surface area contributed by atoms with Crippen LogP contribution in [0.4, 0.5) is 0 Å². The number of hydrogen-bond donors (Lipinski definition) is 0. The number of para-hydroxylation sites is 4. The number of allylic oxidation sites excluding steroid dienone is 4. The van der Waals surface area contributed by atoms with Crippen LogP contribution >= 0.6 is 0 Å². The van der Waals surface area contributed by atoms with Gasteiger partial charge in [-0.2, -0.15) is 0 Å². The lowest BCUT2D eigenvalue weighted by Crippen LogP contribution is -2.08. The van der Waals surface area contributed by atoms with Gasteiger partial charge in [0.15, 0.2) is 11.6 Å². The summed E-state index contributed by atoms with van der Waals surface area (Å²) < 4.78 is 11.3. The molecule has 0 saturated carbocycles. The molecule has 6 heteroatoms. The van der Waals surface area contributed by atoms with Crippen molar-refractivity contribution < 1.29 is 4.42 Å². The number of benzene rings is 9. The van der Waals surface area contributed by atoms with Crippen molar-refractivity contribution in [3.05, 3.63) is 236 Å². The number of fused-ring (bicyclic) bond motifs is 9. The Kier molecular flexibility index (Phi) is 8.92. The monoisotopic (exact) mass is 883 g/mol. The van der Waals surface area contributed by atoms with Gasteiger partial charge in [0.25, 0.3) is 0 Å². The molecule has 0 aliphatic heterocycles. The third-order valence-electron chi connectivity index (χ3n) is 13.9. The van der Waals surface area contributed by atoms with E-state index < -0.39 is 0 Å². The molecule has 0 amide bonds. The van der Waals surface area contributed by atoms with Crippen LogP contribution in [0, 0.1) is 0 Å². The van der Waals surface area contributed by atoms with Gasteiger partial charge in [-0.1, -0.05) is 164 Å². The standard InChI is InChI=1S/C63H41N5O/c1-4-18-40(19-5-1)51-36-44(63-65-61(42-22-8-3-9-23-42)64-62(66-63)43-32-34-50-49-27-13-17-31-58(49)69-59(50)38-43)37-52(41-20-6-2-7-21-41)60(51)68-56-30-16-12-26-48(56)53-39-45(33-35-57(53)68)67-54-28-14-10-24-46(54)47-25-11-15-29-55(47)67/h1-22,24-39,42H,23H2. The molecule has 0 fully saturated rings. The number of nitrogens with zero attached hydrogens (tertiary/aromatic N) is 5. The minimum absolute atomic E-state index is 0.00287. The van der Waals surface area contributed by atoms with Crippen molar-refractivity contribution in [3.8, 4) is 56.4 Å².